The number of furan rings is 1. The Bertz CT molecular complexity index is 1660. The molecule has 1 aliphatic heterocycles. The quantitative estimate of drug-likeness (QED) is 0.224. The van der Waals surface area contributed by atoms with Gasteiger partial charge in [-0.05, 0) is 48.5 Å². The van der Waals surface area contributed by atoms with Gasteiger partial charge in [-0.3, -0.25) is 14.4 Å². The zero-order chi connectivity index (χ0) is 26.2. The van der Waals surface area contributed by atoms with Crippen molar-refractivity contribution in [1.82, 2.24) is 5.06 Å². The number of amides is 2. The van der Waals surface area contributed by atoms with Crippen molar-refractivity contribution >= 4 is 29.0 Å². The number of allylic oxidation sites excluding steroid dienone is 1. The van der Waals surface area contributed by atoms with E-state index in [1.807, 2.05) is 0 Å². The second-order valence-electron chi connectivity index (χ2n) is 8.16. The molecule has 10 heteroatoms. The summed E-state index contributed by atoms with van der Waals surface area (Å²) in [5.41, 5.74) is 1.02. The number of para-hydroxylation sites is 1. The van der Waals surface area contributed by atoms with Crippen molar-refractivity contribution in [3.05, 3.63) is 113 Å². The van der Waals surface area contributed by atoms with Gasteiger partial charge in [0, 0.05) is 17.2 Å². The number of Topliss-reactive ketones (excluding diaryl/α,β-unsaturated/α-hetero) is 1. The number of imide groups is 1. The standard InChI is InChI=1S/C28H17N3O7/c1-35-26-18-13-12-17(37-22-11-6-14-36-22)15-20(18)25(32)24(26)30-29-21-10-5-9-19-23(21)28(34)31(27(19)33)38-16-7-3-2-4-8-16/h2-15H,1H3. The summed E-state index contributed by atoms with van der Waals surface area (Å²) in [6.07, 6.45) is 1.47. The third-order valence-corrected chi connectivity index (χ3v) is 5.88. The maximum atomic E-state index is 13.2. The summed E-state index contributed by atoms with van der Waals surface area (Å²) in [6.45, 7) is 0. The van der Waals surface area contributed by atoms with Gasteiger partial charge in [0.2, 0.25) is 5.78 Å². The van der Waals surface area contributed by atoms with E-state index in [0.717, 1.165) is 0 Å². The molecule has 0 atom stereocenters. The van der Waals surface area contributed by atoms with Crippen molar-refractivity contribution < 1.29 is 33.1 Å². The lowest BCUT2D eigenvalue weighted by Crippen LogP contribution is -2.33. The van der Waals surface area contributed by atoms with Gasteiger partial charge in [-0.2, -0.15) is 0 Å². The number of benzene rings is 3. The second kappa shape index (κ2) is 9.17. The lowest BCUT2D eigenvalue weighted by atomic mass is 10.1. The molecule has 0 spiro atoms. The first-order valence-corrected chi connectivity index (χ1v) is 11.4. The van der Waals surface area contributed by atoms with E-state index in [1.165, 1.54) is 25.5 Å². The van der Waals surface area contributed by atoms with Crippen LogP contribution >= 0.6 is 0 Å². The number of ketones is 1. The Balaban J connectivity index is 1.30. The molecule has 1 aromatic heterocycles. The van der Waals surface area contributed by atoms with Crippen molar-refractivity contribution in [2.75, 3.05) is 7.11 Å². The summed E-state index contributed by atoms with van der Waals surface area (Å²) < 4.78 is 16.3. The molecular formula is C28H17N3O7. The molecule has 0 radical (unpaired) electrons. The fraction of sp³-hybridized carbons (Fsp3) is 0.0357. The number of rotatable bonds is 7. The van der Waals surface area contributed by atoms with Crippen LogP contribution in [-0.2, 0) is 4.74 Å². The number of nitrogens with zero attached hydrogens (tertiary/aromatic N) is 3. The van der Waals surface area contributed by atoms with Crippen molar-refractivity contribution in [3.8, 4) is 17.4 Å². The molecule has 10 nitrogen and oxygen atoms in total. The van der Waals surface area contributed by atoms with Gasteiger partial charge in [-0.25, -0.2) is 0 Å². The maximum Gasteiger partial charge on any atom is 0.297 e. The Morgan fingerprint density at radius 1 is 0.763 bits per heavy atom. The first-order chi connectivity index (χ1) is 18.5. The molecule has 0 saturated heterocycles. The summed E-state index contributed by atoms with van der Waals surface area (Å²) in [6, 6.07) is 21.3. The van der Waals surface area contributed by atoms with E-state index in [2.05, 4.69) is 10.2 Å². The fourth-order valence-corrected chi connectivity index (χ4v) is 4.17. The van der Waals surface area contributed by atoms with Crippen LogP contribution in [0.25, 0.3) is 5.76 Å². The molecule has 3 aromatic carbocycles. The third-order valence-electron chi connectivity index (χ3n) is 5.88. The Labute approximate surface area is 215 Å². The normalized spacial score (nSPS) is 14.3. The summed E-state index contributed by atoms with van der Waals surface area (Å²) in [5, 5.41) is 8.98. The van der Waals surface area contributed by atoms with E-state index in [4.69, 9.17) is 18.7 Å². The van der Waals surface area contributed by atoms with Crippen LogP contribution in [-0.4, -0.2) is 29.8 Å². The van der Waals surface area contributed by atoms with Crippen LogP contribution in [0, 0.1) is 0 Å². The molecule has 6 rings (SSSR count). The van der Waals surface area contributed by atoms with Gasteiger partial charge in [-0.15, -0.1) is 10.2 Å². The van der Waals surface area contributed by atoms with Gasteiger partial charge < -0.3 is 18.7 Å². The Morgan fingerprint density at radius 2 is 1.61 bits per heavy atom. The lowest BCUT2D eigenvalue weighted by Gasteiger charge is -2.13. The highest BCUT2D eigenvalue weighted by atomic mass is 16.7. The molecule has 2 amide bonds. The van der Waals surface area contributed by atoms with Crippen LogP contribution in [0.15, 0.2) is 105 Å². The van der Waals surface area contributed by atoms with Crippen molar-refractivity contribution in [2.24, 2.45) is 10.2 Å². The Morgan fingerprint density at radius 3 is 2.37 bits per heavy atom. The minimum Gasteiger partial charge on any atom is -0.494 e. The number of hydroxylamine groups is 2. The number of hydrogen-bond acceptors (Lipinski definition) is 9. The molecule has 2 aliphatic rings. The lowest BCUT2D eigenvalue weighted by molar-refractivity contribution is -0.0140. The minimum absolute atomic E-state index is 0.0221. The van der Waals surface area contributed by atoms with Gasteiger partial charge in [0.1, 0.15) is 5.75 Å². The summed E-state index contributed by atoms with van der Waals surface area (Å²) in [4.78, 5) is 44.7. The van der Waals surface area contributed by atoms with Gasteiger partial charge in [-0.1, -0.05) is 29.3 Å². The first-order valence-electron chi connectivity index (χ1n) is 11.4. The SMILES string of the molecule is COC1=C(N=Nc2cccc3c2C(=O)N(Oc2ccccc2)C3=O)C(=O)c2cc(Oc3ccco3)ccc21. The second-order valence-corrected chi connectivity index (χ2v) is 8.16. The molecule has 4 aromatic rings. The number of ether oxygens (including phenoxy) is 2. The van der Waals surface area contributed by atoms with Gasteiger partial charge >= 0.3 is 0 Å². The fourth-order valence-electron chi connectivity index (χ4n) is 4.17. The molecule has 2 heterocycles. The van der Waals surface area contributed by atoms with Crippen LogP contribution in [0.3, 0.4) is 0 Å². The molecule has 186 valence electrons. The predicted molar refractivity (Wildman–Crippen MR) is 132 cm³/mol. The number of carbonyl (C=O) groups is 3. The zero-order valence-corrected chi connectivity index (χ0v) is 19.8. The molecule has 0 bridgehead atoms. The van der Waals surface area contributed by atoms with Crippen LogP contribution in [0.5, 0.6) is 17.4 Å². The van der Waals surface area contributed by atoms with Gasteiger partial charge in [0.05, 0.1) is 30.2 Å². The molecule has 0 unspecified atom stereocenters. The van der Waals surface area contributed by atoms with E-state index in [9.17, 15) is 14.4 Å². The maximum absolute atomic E-state index is 13.2. The highest BCUT2D eigenvalue weighted by Crippen LogP contribution is 2.38. The summed E-state index contributed by atoms with van der Waals surface area (Å²) in [7, 11) is 1.42. The van der Waals surface area contributed by atoms with Gasteiger partial charge in [0.25, 0.3) is 17.8 Å². The molecule has 38 heavy (non-hydrogen) atoms. The average Bonchev–Trinajstić information content (AvgIpc) is 3.61. The van der Waals surface area contributed by atoms with E-state index in [-0.39, 0.29) is 34.2 Å². The van der Waals surface area contributed by atoms with E-state index in [1.54, 1.807) is 66.7 Å². The Kier molecular flexibility index (Phi) is 5.53. The Hall–Kier alpha value is -5.51. The molecule has 0 saturated carbocycles. The van der Waals surface area contributed by atoms with Crippen molar-refractivity contribution in [1.29, 1.82) is 0 Å². The van der Waals surface area contributed by atoms with Crippen LogP contribution in [0.2, 0.25) is 0 Å². The smallest absolute Gasteiger partial charge is 0.297 e. The molecule has 0 fully saturated rings. The number of azo groups is 1. The highest BCUT2D eigenvalue weighted by molar-refractivity contribution is 6.23. The number of carbonyl (C=O) groups excluding carboxylic acids is 3. The predicted octanol–water partition coefficient (Wildman–Crippen LogP) is 5.96. The summed E-state index contributed by atoms with van der Waals surface area (Å²) in [5.74, 6) is -0.537. The minimum atomic E-state index is -0.690. The van der Waals surface area contributed by atoms with Gasteiger partial charge in [0.15, 0.2) is 17.2 Å². The topological polar surface area (TPSA) is 120 Å². The molecule has 1 aliphatic carbocycles. The van der Waals surface area contributed by atoms with Crippen LogP contribution < -0.4 is 9.57 Å². The molecule has 0 N–H and O–H groups in total. The van der Waals surface area contributed by atoms with Crippen LogP contribution in [0.1, 0.15) is 36.6 Å². The number of hydrogen-bond donors (Lipinski definition) is 0. The first kappa shape index (κ1) is 22.9. The van der Waals surface area contributed by atoms with Crippen molar-refractivity contribution in [2.45, 2.75) is 0 Å². The highest BCUT2D eigenvalue weighted by Gasteiger charge is 2.40. The molecular weight excluding hydrogens is 490 g/mol. The monoisotopic (exact) mass is 507 g/mol. The van der Waals surface area contributed by atoms with Crippen molar-refractivity contribution in [3.63, 3.8) is 0 Å². The third kappa shape index (κ3) is 3.80. The van der Waals surface area contributed by atoms with E-state index < -0.39 is 17.6 Å². The number of methoxy groups -OCH3 is 1. The number of fused-ring (bicyclic) bond motifs is 2. The largest absolute Gasteiger partial charge is 0.494 e. The zero-order valence-electron chi connectivity index (χ0n) is 19.8. The summed E-state index contributed by atoms with van der Waals surface area (Å²) >= 11 is 0. The van der Waals surface area contributed by atoms with E-state index in [0.29, 0.717) is 27.7 Å². The average molecular weight is 507 g/mol. The van der Waals surface area contributed by atoms with E-state index >= 15 is 0 Å². The van der Waals surface area contributed by atoms with Crippen LogP contribution in [0.4, 0.5) is 5.69 Å².